The molecule has 2 aromatic rings. The highest BCUT2D eigenvalue weighted by Gasteiger charge is 2.15. The molecule has 0 spiro atoms. The highest BCUT2D eigenvalue weighted by molar-refractivity contribution is 8.24. The van der Waals surface area contributed by atoms with Gasteiger partial charge in [-0.3, -0.25) is 4.79 Å². The number of thioether (sulfide) groups is 2. The van der Waals surface area contributed by atoms with Crippen LogP contribution >= 0.6 is 23.5 Å². The maximum absolute atomic E-state index is 11.4. The predicted octanol–water partition coefficient (Wildman–Crippen LogP) is 4.76. The normalized spacial score (nSPS) is 12.1. The van der Waals surface area contributed by atoms with Gasteiger partial charge in [-0.2, -0.15) is 0 Å². The molecule has 0 fully saturated rings. The molecule has 0 saturated heterocycles. The standard InChI is InChI=1S/C15H14OS2/c1-12(16)17-15(13-8-4-2-5-9-13)18-14-10-6-3-7-11-14/h2-11,15H,1H3. The van der Waals surface area contributed by atoms with Crippen LogP contribution in [0.2, 0.25) is 0 Å². The summed E-state index contributed by atoms with van der Waals surface area (Å²) in [5.74, 6) is 0. The van der Waals surface area contributed by atoms with E-state index in [4.69, 9.17) is 0 Å². The maximum atomic E-state index is 11.4. The molecule has 1 unspecified atom stereocenters. The molecular weight excluding hydrogens is 260 g/mol. The molecular formula is C15H14OS2. The monoisotopic (exact) mass is 274 g/mol. The molecule has 2 aromatic carbocycles. The van der Waals surface area contributed by atoms with Gasteiger partial charge in [-0.05, 0) is 17.7 Å². The fourth-order valence-electron chi connectivity index (χ4n) is 1.54. The Kier molecular flexibility index (Phi) is 4.90. The molecule has 0 radical (unpaired) electrons. The number of carbonyl (C=O) groups excluding carboxylic acids is 1. The van der Waals surface area contributed by atoms with Gasteiger partial charge in [0.25, 0.3) is 0 Å². The van der Waals surface area contributed by atoms with Gasteiger partial charge < -0.3 is 0 Å². The molecule has 0 heterocycles. The van der Waals surface area contributed by atoms with Crippen LogP contribution in [0.15, 0.2) is 65.6 Å². The van der Waals surface area contributed by atoms with E-state index in [0.29, 0.717) is 0 Å². The van der Waals surface area contributed by atoms with E-state index in [1.54, 1.807) is 18.7 Å². The van der Waals surface area contributed by atoms with E-state index in [2.05, 4.69) is 24.3 Å². The number of rotatable bonds is 4. The minimum absolute atomic E-state index is 0.117. The van der Waals surface area contributed by atoms with Crippen molar-refractivity contribution in [2.45, 2.75) is 16.4 Å². The van der Waals surface area contributed by atoms with Crippen molar-refractivity contribution in [2.75, 3.05) is 0 Å². The SMILES string of the molecule is CC(=O)SC(Sc1ccccc1)c1ccccc1. The zero-order chi connectivity index (χ0) is 12.8. The Hall–Kier alpha value is -1.19. The van der Waals surface area contributed by atoms with Crippen molar-refractivity contribution in [3.05, 3.63) is 66.2 Å². The fraction of sp³-hybridized carbons (Fsp3) is 0.133. The minimum Gasteiger partial charge on any atom is -0.287 e. The van der Waals surface area contributed by atoms with Gasteiger partial charge in [0.15, 0.2) is 5.12 Å². The Morgan fingerprint density at radius 2 is 1.50 bits per heavy atom. The van der Waals surface area contributed by atoms with Gasteiger partial charge in [-0.15, -0.1) is 11.8 Å². The lowest BCUT2D eigenvalue weighted by Gasteiger charge is -2.14. The molecule has 0 N–H and O–H groups in total. The average Bonchev–Trinajstić information content (AvgIpc) is 2.40. The van der Waals surface area contributed by atoms with Crippen LogP contribution in [0.25, 0.3) is 0 Å². The minimum atomic E-state index is 0.117. The lowest BCUT2D eigenvalue weighted by Crippen LogP contribution is -1.93. The Labute approximate surface area is 116 Å². The first-order valence-corrected chi connectivity index (χ1v) is 7.45. The van der Waals surface area contributed by atoms with Crippen molar-refractivity contribution in [1.82, 2.24) is 0 Å². The van der Waals surface area contributed by atoms with Crippen molar-refractivity contribution in [1.29, 1.82) is 0 Å². The predicted molar refractivity (Wildman–Crippen MR) is 79.8 cm³/mol. The summed E-state index contributed by atoms with van der Waals surface area (Å²) in [6.07, 6.45) is 0. The molecule has 2 rings (SSSR count). The van der Waals surface area contributed by atoms with E-state index in [9.17, 15) is 4.79 Å². The smallest absolute Gasteiger partial charge is 0.187 e. The van der Waals surface area contributed by atoms with Crippen LogP contribution in [0.1, 0.15) is 17.1 Å². The third kappa shape index (κ3) is 3.93. The number of hydrogen-bond acceptors (Lipinski definition) is 3. The fourth-order valence-corrected chi connectivity index (χ4v) is 3.93. The summed E-state index contributed by atoms with van der Waals surface area (Å²) in [5.41, 5.74) is 1.17. The Morgan fingerprint density at radius 1 is 0.944 bits per heavy atom. The molecule has 1 atom stereocenters. The van der Waals surface area contributed by atoms with Gasteiger partial charge in [0.05, 0.1) is 4.58 Å². The summed E-state index contributed by atoms with van der Waals surface area (Å²) in [6.45, 7) is 1.62. The largest absolute Gasteiger partial charge is 0.287 e. The lowest BCUT2D eigenvalue weighted by atomic mass is 10.2. The van der Waals surface area contributed by atoms with E-state index in [1.807, 2.05) is 36.4 Å². The van der Waals surface area contributed by atoms with E-state index in [0.717, 1.165) is 0 Å². The first-order valence-electron chi connectivity index (χ1n) is 5.69. The van der Waals surface area contributed by atoms with Crippen LogP contribution in [-0.2, 0) is 4.79 Å². The van der Waals surface area contributed by atoms with Gasteiger partial charge in [-0.1, -0.05) is 60.3 Å². The molecule has 0 aliphatic carbocycles. The zero-order valence-corrected chi connectivity index (χ0v) is 11.7. The van der Waals surface area contributed by atoms with E-state index < -0.39 is 0 Å². The first-order chi connectivity index (χ1) is 8.75. The van der Waals surface area contributed by atoms with Crippen LogP contribution in [0, 0.1) is 0 Å². The molecule has 0 saturated carbocycles. The highest BCUT2D eigenvalue weighted by Crippen LogP contribution is 2.43. The summed E-state index contributed by atoms with van der Waals surface area (Å²) >= 11 is 3.08. The molecule has 0 aliphatic heterocycles. The van der Waals surface area contributed by atoms with Crippen LogP contribution in [0.5, 0.6) is 0 Å². The number of hydrogen-bond donors (Lipinski definition) is 0. The van der Waals surface area contributed by atoms with E-state index in [-0.39, 0.29) is 9.70 Å². The number of benzene rings is 2. The van der Waals surface area contributed by atoms with Crippen molar-refractivity contribution < 1.29 is 4.79 Å². The third-order valence-corrected chi connectivity index (χ3v) is 4.76. The Morgan fingerprint density at radius 3 is 2.06 bits per heavy atom. The lowest BCUT2D eigenvalue weighted by molar-refractivity contribution is -0.109. The molecule has 0 aliphatic rings. The van der Waals surface area contributed by atoms with Crippen LogP contribution in [0.4, 0.5) is 0 Å². The van der Waals surface area contributed by atoms with Crippen LogP contribution < -0.4 is 0 Å². The summed E-state index contributed by atoms with van der Waals surface area (Å²) in [4.78, 5) is 12.5. The molecule has 0 amide bonds. The van der Waals surface area contributed by atoms with Crippen molar-refractivity contribution in [2.24, 2.45) is 0 Å². The van der Waals surface area contributed by atoms with Crippen molar-refractivity contribution >= 4 is 28.6 Å². The maximum Gasteiger partial charge on any atom is 0.187 e. The quantitative estimate of drug-likeness (QED) is 0.591. The average molecular weight is 274 g/mol. The summed E-state index contributed by atoms with van der Waals surface area (Å²) in [6, 6.07) is 20.3. The summed E-state index contributed by atoms with van der Waals surface area (Å²) in [5, 5.41) is 0.146. The molecule has 3 heteroatoms. The third-order valence-electron chi connectivity index (χ3n) is 2.33. The molecule has 0 bridgehead atoms. The second kappa shape index (κ2) is 6.66. The van der Waals surface area contributed by atoms with Crippen molar-refractivity contribution in [3.8, 4) is 0 Å². The Balaban J connectivity index is 2.18. The first kappa shape index (κ1) is 13.2. The second-order valence-electron chi connectivity index (χ2n) is 3.78. The van der Waals surface area contributed by atoms with Gasteiger partial charge in [0.2, 0.25) is 0 Å². The van der Waals surface area contributed by atoms with E-state index in [1.165, 1.54) is 22.2 Å². The number of carbonyl (C=O) groups is 1. The van der Waals surface area contributed by atoms with Crippen LogP contribution in [-0.4, -0.2) is 5.12 Å². The highest BCUT2D eigenvalue weighted by atomic mass is 32.2. The van der Waals surface area contributed by atoms with Gasteiger partial charge in [-0.25, -0.2) is 0 Å². The molecule has 1 nitrogen and oxygen atoms in total. The van der Waals surface area contributed by atoms with E-state index >= 15 is 0 Å². The topological polar surface area (TPSA) is 17.1 Å². The molecule has 0 aromatic heterocycles. The van der Waals surface area contributed by atoms with Gasteiger partial charge in [0.1, 0.15) is 0 Å². The Bertz CT molecular complexity index is 496. The van der Waals surface area contributed by atoms with Crippen LogP contribution in [0.3, 0.4) is 0 Å². The zero-order valence-electron chi connectivity index (χ0n) is 10.1. The van der Waals surface area contributed by atoms with Crippen molar-refractivity contribution in [3.63, 3.8) is 0 Å². The second-order valence-corrected chi connectivity index (χ2v) is 6.54. The summed E-state index contributed by atoms with van der Waals surface area (Å²) < 4.78 is 0.117. The molecule has 92 valence electrons. The van der Waals surface area contributed by atoms with Gasteiger partial charge >= 0.3 is 0 Å². The van der Waals surface area contributed by atoms with Gasteiger partial charge in [0, 0.05) is 11.8 Å². The molecule has 18 heavy (non-hydrogen) atoms. The summed E-state index contributed by atoms with van der Waals surface area (Å²) in [7, 11) is 0.